The van der Waals surface area contributed by atoms with Crippen molar-refractivity contribution in [1.82, 2.24) is 9.21 Å². The lowest BCUT2D eigenvalue weighted by molar-refractivity contribution is -0.126. The molecule has 0 radical (unpaired) electrons. The fourth-order valence-corrected chi connectivity index (χ4v) is 5.92. The third kappa shape index (κ3) is 3.47. The van der Waals surface area contributed by atoms with E-state index in [1.54, 1.807) is 24.3 Å². The molecule has 146 valence electrons. The molecule has 4 rings (SSSR count). The SMILES string of the molecule is Cc1cccc(-c2ccc(S(=O)(=O)N3CCC(N4C(=O)CSC4=O)C3)cc2)c1. The van der Waals surface area contributed by atoms with Gasteiger partial charge in [0, 0.05) is 13.1 Å². The van der Waals surface area contributed by atoms with Crippen LogP contribution in [0.3, 0.4) is 0 Å². The van der Waals surface area contributed by atoms with E-state index in [9.17, 15) is 18.0 Å². The Hall–Kier alpha value is -2.16. The highest BCUT2D eigenvalue weighted by atomic mass is 32.2. The van der Waals surface area contributed by atoms with Crippen molar-refractivity contribution in [3.05, 3.63) is 54.1 Å². The van der Waals surface area contributed by atoms with E-state index in [-0.39, 0.29) is 34.4 Å². The third-order valence-corrected chi connectivity index (χ3v) is 7.83. The molecule has 2 saturated heterocycles. The topological polar surface area (TPSA) is 74.8 Å². The molecule has 0 bridgehead atoms. The molecule has 0 aliphatic carbocycles. The van der Waals surface area contributed by atoms with Crippen molar-refractivity contribution in [1.29, 1.82) is 0 Å². The maximum Gasteiger partial charge on any atom is 0.289 e. The monoisotopic (exact) mass is 416 g/mol. The Morgan fingerprint density at radius 1 is 1.04 bits per heavy atom. The van der Waals surface area contributed by atoms with Gasteiger partial charge in [-0.25, -0.2) is 8.42 Å². The molecule has 1 unspecified atom stereocenters. The van der Waals surface area contributed by atoms with Gasteiger partial charge in [-0.15, -0.1) is 0 Å². The normalized spacial score (nSPS) is 20.9. The van der Waals surface area contributed by atoms with Crippen LogP contribution in [0.15, 0.2) is 53.4 Å². The summed E-state index contributed by atoms with van der Waals surface area (Å²) in [6.07, 6.45) is 0.471. The van der Waals surface area contributed by atoms with Gasteiger partial charge in [-0.1, -0.05) is 53.7 Å². The van der Waals surface area contributed by atoms with E-state index in [0.29, 0.717) is 13.0 Å². The van der Waals surface area contributed by atoms with Crippen molar-refractivity contribution in [2.45, 2.75) is 24.3 Å². The van der Waals surface area contributed by atoms with Crippen LogP contribution in [0, 0.1) is 6.92 Å². The summed E-state index contributed by atoms with van der Waals surface area (Å²) in [5.74, 6) is -0.0931. The Bertz CT molecular complexity index is 1020. The number of carbonyl (C=O) groups excluding carboxylic acids is 2. The predicted molar refractivity (Wildman–Crippen MR) is 108 cm³/mol. The number of carbonyl (C=O) groups is 2. The molecule has 2 aliphatic rings. The van der Waals surface area contributed by atoms with Crippen molar-refractivity contribution < 1.29 is 18.0 Å². The van der Waals surface area contributed by atoms with E-state index in [1.807, 2.05) is 25.1 Å². The number of amides is 2. The largest absolute Gasteiger partial charge is 0.289 e. The summed E-state index contributed by atoms with van der Waals surface area (Å²) in [6, 6.07) is 14.5. The second kappa shape index (κ2) is 7.35. The zero-order valence-corrected chi connectivity index (χ0v) is 17.0. The zero-order valence-electron chi connectivity index (χ0n) is 15.4. The second-order valence-corrected chi connectivity index (χ2v) is 9.88. The van der Waals surface area contributed by atoms with Crippen molar-refractivity contribution in [3.63, 3.8) is 0 Å². The Morgan fingerprint density at radius 2 is 1.79 bits per heavy atom. The lowest BCUT2D eigenvalue weighted by atomic mass is 10.0. The summed E-state index contributed by atoms with van der Waals surface area (Å²) < 4.78 is 27.3. The number of imide groups is 1. The van der Waals surface area contributed by atoms with Crippen LogP contribution < -0.4 is 0 Å². The summed E-state index contributed by atoms with van der Waals surface area (Å²) in [7, 11) is -3.67. The van der Waals surface area contributed by atoms with E-state index in [0.717, 1.165) is 28.5 Å². The van der Waals surface area contributed by atoms with Gasteiger partial charge in [-0.3, -0.25) is 14.5 Å². The Kier molecular flexibility index (Phi) is 5.03. The summed E-state index contributed by atoms with van der Waals surface area (Å²) in [6.45, 7) is 2.47. The highest BCUT2D eigenvalue weighted by molar-refractivity contribution is 8.14. The maximum atomic E-state index is 13.0. The summed E-state index contributed by atoms with van der Waals surface area (Å²) in [4.78, 5) is 25.2. The van der Waals surface area contributed by atoms with E-state index in [4.69, 9.17) is 0 Å². The van der Waals surface area contributed by atoms with Crippen LogP contribution in [0.5, 0.6) is 0 Å². The maximum absolute atomic E-state index is 13.0. The summed E-state index contributed by atoms with van der Waals surface area (Å²) in [5.41, 5.74) is 3.13. The minimum Gasteiger partial charge on any atom is -0.273 e. The molecule has 6 nitrogen and oxygen atoms in total. The first-order valence-electron chi connectivity index (χ1n) is 9.02. The first kappa shape index (κ1) is 19.2. The number of thioether (sulfide) groups is 1. The number of hydrogen-bond acceptors (Lipinski definition) is 5. The van der Waals surface area contributed by atoms with Crippen molar-refractivity contribution in [2.24, 2.45) is 0 Å². The van der Waals surface area contributed by atoms with Gasteiger partial charge < -0.3 is 0 Å². The van der Waals surface area contributed by atoms with Crippen LogP contribution in [0.25, 0.3) is 11.1 Å². The number of benzene rings is 2. The number of nitrogens with zero attached hydrogens (tertiary/aromatic N) is 2. The van der Waals surface area contributed by atoms with Crippen LogP contribution in [0.1, 0.15) is 12.0 Å². The molecule has 1 atom stereocenters. The minimum absolute atomic E-state index is 0.141. The molecule has 8 heteroatoms. The van der Waals surface area contributed by atoms with Crippen molar-refractivity contribution in [2.75, 3.05) is 18.8 Å². The van der Waals surface area contributed by atoms with E-state index in [2.05, 4.69) is 6.07 Å². The van der Waals surface area contributed by atoms with Crippen molar-refractivity contribution >= 4 is 32.9 Å². The Balaban J connectivity index is 1.52. The van der Waals surface area contributed by atoms with Crippen LogP contribution in [0.4, 0.5) is 4.79 Å². The molecule has 0 saturated carbocycles. The average molecular weight is 417 g/mol. The Morgan fingerprint density at radius 3 is 2.43 bits per heavy atom. The first-order valence-corrected chi connectivity index (χ1v) is 11.4. The quantitative estimate of drug-likeness (QED) is 0.766. The molecule has 2 aliphatic heterocycles. The molecule has 0 N–H and O–H groups in total. The van der Waals surface area contributed by atoms with E-state index < -0.39 is 10.0 Å². The Labute approximate surface area is 168 Å². The highest BCUT2D eigenvalue weighted by Crippen LogP contribution is 2.30. The van der Waals surface area contributed by atoms with Crippen LogP contribution >= 0.6 is 11.8 Å². The fourth-order valence-electron chi connectivity index (χ4n) is 3.65. The number of sulfonamides is 1. The van der Waals surface area contributed by atoms with Gasteiger partial charge in [-0.2, -0.15) is 4.31 Å². The molecule has 2 amide bonds. The predicted octanol–water partition coefficient (Wildman–Crippen LogP) is 3.12. The molecule has 0 aromatic heterocycles. The highest BCUT2D eigenvalue weighted by Gasteiger charge is 2.42. The first-order chi connectivity index (χ1) is 13.4. The molecular weight excluding hydrogens is 396 g/mol. The average Bonchev–Trinajstić information content (AvgIpc) is 3.29. The van der Waals surface area contributed by atoms with E-state index in [1.165, 1.54) is 9.21 Å². The smallest absolute Gasteiger partial charge is 0.273 e. The van der Waals surface area contributed by atoms with Gasteiger partial charge in [-0.05, 0) is 36.6 Å². The summed E-state index contributed by atoms with van der Waals surface area (Å²) >= 11 is 0.975. The molecule has 0 spiro atoms. The van der Waals surface area contributed by atoms with Crippen molar-refractivity contribution in [3.8, 4) is 11.1 Å². The molecule has 2 aromatic carbocycles. The van der Waals surface area contributed by atoms with Gasteiger partial charge in [0.1, 0.15) is 0 Å². The lowest BCUT2D eigenvalue weighted by Gasteiger charge is -2.21. The van der Waals surface area contributed by atoms with Crippen LogP contribution in [0.2, 0.25) is 0 Å². The second-order valence-electron chi connectivity index (χ2n) is 7.02. The molecular formula is C20H20N2O4S2. The van der Waals surface area contributed by atoms with Gasteiger partial charge in [0.05, 0.1) is 16.7 Å². The standard InChI is InChI=1S/C20H20N2O4S2/c1-14-3-2-4-16(11-14)15-5-7-18(8-6-15)28(25,26)21-10-9-17(12-21)22-19(23)13-27-20(22)24/h2-8,11,17H,9-10,12-13H2,1H3. The van der Waals surface area contributed by atoms with Gasteiger partial charge in [0.25, 0.3) is 5.24 Å². The number of rotatable bonds is 4. The minimum atomic E-state index is -3.67. The van der Waals surface area contributed by atoms with E-state index >= 15 is 0 Å². The van der Waals surface area contributed by atoms with Gasteiger partial charge in [0.2, 0.25) is 15.9 Å². The molecule has 2 fully saturated rings. The van der Waals surface area contributed by atoms with Crippen LogP contribution in [-0.4, -0.2) is 53.7 Å². The third-order valence-electron chi connectivity index (χ3n) is 5.12. The molecule has 2 aromatic rings. The number of aryl methyl sites for hydroxylation is 1. The molecule has 28 heavy (non-hydrogen) atoms. The lowest BCUT2D eigenvalue weighted by Crippen LogP contribution is -2.41. The molecule has 2 heterocycles. The summed E-state index contributed by atoms with van der Waals surface area (Å²) in [5, 5.41) is -0.281. The van der Waals surface area contributed by atoms with Gasteiger partial charge in [0.15, 0.2) is 0 Å². The zero-order chi connectivity index (χ0) is 19.9. The fraction of sp³-hybridized carbons (Fsp3) is 0.300. The van der Waals surface area contributed by atoms with Gasteiger partial charge >= 0.3 is 0 Å². The number of hydrogen-bond donors (Lipinski definition) is 0. The van der Waals surface area contributed by atoms with Crippen LogP contribution in [-0.2, 0) is 14.8 Å².